The Morgan fingerprint density at radius 3 is 2.44 bits per heavy atom. The SMILES string of the molecule is CC(=O)N[C@@H](CC(=O)NCCS(=O)(=O)c1ccccc1)c1cccs1. The molecule has 2 aromatic rings. The summed E-state index contributed by atoms with van der Waals surface area (Å²) in [6.45, 7) is 1.41. The van der Waals surface area contributed by atoms with Gasteiger partial charge in [-0.05, 0) is 23.6 Å². The van der Waals surface area contributed by atoms with Crippen LogP contribution >= 0.6 is 11.3 Å². The van der Waals surface area contributed by atoms with E-state index >= 15 is 0 Å². The first-order valence-corrected chi connectivity index (χ1v) is 10.3. The van der Waals surface area contributed by atoms with Crippen molar-refractivity contribution in [1.82, 2.24) is 10.6 Å². The average Bonchev–Trinajstić information content (AvgIpc) is 3.09. The first-order valence-electron chi connectivity index (χ1n) is 7.73. The van der Waals surface area contributed by atoms with Crippen molar-refractivity contribution in [3.8, 4) is 0 Å². The molecule has 0 fully saturated rings. The highest BCUT2D eigenvalue weighted by Crippen LogP contribution is 2.21. The quantitative estimate of drug-likeness (QED) is 0.732. The molecule has 6 nitrogen and oxygen atoms in total. The summed E-state index contributed by atoms with van der Waals surface area (Å²) in [7, 11) is -3.43. The minimum atomic E-state index is -3.43. The van der Waals surface area contributed by atoms with E-state index < -0.39 is 15.9 Å². The zero-order valence-electron chi connectivity index (χ0n) is 13.8. The van der Waals surface area contributed by atoms with Crippen LogP contribution < -0.4 is 10.6 Å². The van der Waals surface area contributed by atoms with Crippen LogP contribution in [0.2, 0.25) is 0 Å². The maximum Gasteiger partial charge on any atom is 0.222 e. The predicted octanol–water partition coefficient (Wildman–Crippen LogP) is 1.91. The Kier molecular flexibility index (Phi) is 6.72. The third kappa shape index (κ3) is 5.99. The number of hydrogen-bond acceptors (Lipinski definition) is 5. The Bertz CT molecular complexity index is 802. The van der Waals surface area contributed by atoms with Crippen molar-refractivity contribution in [3.05, 3.63) is 52.7 Å². The van der Waals surface area contributed by atoms with Gasteiger partial charge in [0.1, 0.15) is 0 Å². The first-order chi connectivity index (χ1) is 11.9. The number of carbonyl (C=O) groups is 2. The molecule has 2 amide bonds. The number of nitrogens with one attached hydrogen (secondary N) is 2. The molecule has 0 spiro atoms. The van der Waals surface area contributed by atoms with Crippen molar-refractivity contribution >= 4 is 33.0 Å². The van der Waals surface area contributed by atoms with Crippen LogP contribution in [-0.4, -0.2) is 32.5 Å². The average molecular weight is 380 g/mol. The van der Waals surface area contributed by atoms with Gasteiger partial charge in [0, 0.05) is 18.3 Å². The summed E-state index contributed by atoms with van der Waals surface area (Å²) < 4.78 is 24.3. The van der Waals surface area contributed by atoms with Crippen LogP contribution in [0.15, 0.2) is 52.7 Å². The molecule has 8 heteroatoms. The fourth-order valence-electron chi connectivity index (χ4n) is 2.29. The number of amides is 2. The van der Waals surface area contributed by atoms with E-state index in [-0.39, 0.29) is 35.4 Å². The zero-order valence-corrected chi connectivity index (χ0v) is 15.4. The summed E-state index contributed by atoms with van der Waals surface area (Å²) in [5.74, 6) is -0.708. The van der Waals surface area contributed by atoms with E-state index in [1.165, 1.54) is 30.4 Å². The van der Waals surface area contributed by atoms with Crippen LogP contribution in [0, 0.1) is 0 Å². The Hall–Kier alpha value is -2.19. The van der Waals surface area contributed by atoms with Gasteiger partial charge < -0.3 is 10.6 Å². The van der Waals surface area contributed by atoms with Crippen LogP contribution in [0.1, 0.15) is 24.3 Å². The van der Waals surface area contributed by atoms with E-state index in [1.54, 1.807) is 18.2 Å². The lowest BCUT2D eigenvalue weighted by atomic mass is 10.1. The van der Waals surface area contributed by atoms with Gasteiger partial charge in [0.25, 0.3) is 0 Å². The van der Waals surface area contributed by atoms with Gasteiger partial charge in [-0.3, -0.25) is 9.59 Å². The van der Waals surface area contributed by atoms with Gasteiger partial charge in [-0.15, -0.1) is 11.3 Å². The highest BCUT2D eigenvalue weighted by molar-refractivity contribution is 7.91. The minimum Gasteiger partial charge on any atom is -0.355 e. The van der Waals surface area contributed by atoms with Crippen LogP contribution in [0.5, 0.6) is 0 Å². The molecule has 0 radical (unpaired) electrons. The van der Waals surface area contributed by atoms with Crippen LogP contribution in [0.25, 0.3) is 0 Å². The molecule has 1 atom stereocenters. The van der Waals surface area contributed by atoms with E-state index in [1.807, 2.05) is 17.5 Å². The zero-order chi connectivity index (χ0) is 18.3. The van der Waals surface area contributed by atoms with E-state index in [4.69, 9.17) is 0 Å². The Labute approximate surface area is 151 Å². The van der Waals surface area contributed by atoms with Gasteiger partial charge in [-0.2, -0.15) is 0 Å². The molecular formula is C17H20N2O4S2. The summed E-state index contributed by atoms with van der Waals surface area (Å²) in [5, 5.41) is 7.22. The monoisotopic (exact) mass is 380 g/mol. The van der Waals surface area contributed by atoms with Gasteiger partial charge >= 0.3 is 0 Å². The molecule has 134 valence electrons. The van der Waals surface area contributed by atoms with Gasteiger partial charge in [0.15, 0.2) is 9.84 Å². The maximum absolute atomic E-state index is 12.2. The van der Waals surface area contributed by atoms with E-state index in [2.05, 4.69) is 10.6 Å². The summed E-state index contributed by atoms with van der Waals surface area (Å²) in [6, 6.07) is 11.4. The Morgan fingerprint density at radius 1 is 1.12 bits per heavy atom. The molecule has 25 heavy (non-hydrogen) atoms. The molecule has 1 aromatic carbocycles. The highest BCUT2D eigenvalue weighted by Gasteiger charge is 2.19. The normalized spacial score (nSPS) is 12.4. The van der Waals surface area contributed by atoms with Crippen molar-refractivity contribution in [3.63, 3.8) is 0 Å². The molecular weight excluding hydrogens is 360 g/mol. The number of benzene rings is 1. The number of carbonyl (C=O) groups excluding carboxylic acids is 2. The molecule has 0 saturated carbocycles. The van der Waals surface area contributed by atoms with Crippen molar-refractivity contribution in [2.45, 2.75) is 24.3 Å². The largest absolute Gasteiger partial charge is 0.355 e. The molecule has 1 aromatic heterocycles. The predicted molar refractivity (Wildman–Crippen MR) is 97.0 cm³/mol. The highest BCUT2D eigenvalue weighted by atomic mass is 32.2. The number of hydrogen-bond donors (Lipinski definition) is 2. The van der Waals surface area contributed by atoms with E-state index in [0.717, 1.165) is 4.88 Å². The van der Waals surface area contributed by atoms with Crippen LogP contribution in [0.4, 0.5) is 0 Å². The Morgan fingerprint density at radius 2 is 1.84 bits per heavy atom. The third-order valence-corrected chi connectivity index (χ3v) is 6.17. The second-order valence-corrected chi connectivity index (χ2v) is 8.54. The minimum absolute atomic E-state index is 0.0211. The smallest absolute Gasteiger partial charge is 0.222 e. The lowest BCUT2D eigenvalue weighted by Gasteiger charge is -2.16. The lowest BCUT2D eigenvalue weighted by Crippen LogP contribution is -2.34. The van der Waals surface area contributed by atoms with Crippen LogP contribution in [-0.2, 0) is 19.4 Å². The fraction of sp³-hybridized carbons (Fsp3) is 0.294. The van der Waals surface area contributed by atoms with Gasteiger partial charge in [-0.1, -0.05) is 24.3 Å². The molecule has 0 unspecified atom stereocenters. The molecule has 1 heterocycles. The topological polar surface area (TPSA) is 92.3 Å². The molecule has 0 aliphatic carbocycles. The van der Waals surface area contributed by atoms with Gasteiger partial charge in [-0.25, -0.2) is 8.42 Å². The second-order valence-electron chi connectivity index (χ2n) is 5.45. The number of rotatable bonds is 8. The van der Waals surface area contributed by atoms with Crippen molar-refractivity contribution in [1.29, 1.82) is 0 Å². The van der Waals surface area contributed by atoms with Crippen molar-refractivity contribution in [2.75, 3.05) is 12.3 Å². The lowest BCUT2D eigenvalue weighted by molar-refractivity contribution is -0.122. The molecule has 2 rings (SSSR count). The number of thiophene rings is 1. The summed E-state index contributed by atoms with van der Waals surface area (Å²) in [4.78, 5) is 24.5. The molecule has 0 bridgehead atoms. The van der Waals surface area contributed by atoms with Gasteiger partial charge in [0.05, 0.1) is 23.1 Å². The number of sulfone groups is 1. The molecule has 0 saturated heterocycles. The Balaban J connectivity index is 1.88. The fourth-order valence-corrected chi connectivity index (χ4v) is 4.24. The second kappa shape index (κ2) is 8.77. The summed E-state index contributed by atoms with van der Waals surface area (Å²) in [5.41, 5.74) is 0. The van der Waals surface area contributed by atoms with Gasteiger partial charge in [0.2, 0.25) is 11.8 Å². The first kappa shape index (κ1) is 19.1. The molecule has 2 N–H and O–H groups in total. The standard InChI is InChI=1S/C17H20N2O4S2/c1-13(20)19-15(16-8-5-10-24-16)12-17(21)18-9-11-25(22,23)14-6-3-2-4-7-14/h2-8,10,15H,9,11-12H2,1H3,(H,18,21)(H,19,20)/t15-/m0/s1. The summed E-state index contributed by atoms with van der Waals surface area (Å²) in [6.07, 6.45) is 0.0610. The van der Waals surface area contributed by atoms with E-state index in [9.17, 15) is 18.0 Å². The third-order valence-electron chi connectivity index (χ3n) is 3.45. The van der Waals surface area contributed by atoms with Crippen molar-refractivity contribution in [2.24, 2.45) is 0 Å². The summed E-state index contributed by atoms with van der Waals surface area (Å²) >= 11 is 1.45. The van der Waals surface area contributed by atoms with Crippen molar-refractivity contribution < 1.29 is 18.0 Å². The van der Waals surface area contributed by atoms with E-state index in [0.29, 0.717) is 0 Å². The maximum atomic E-state index is 12.2. The van der Waals surface area contributed by atoms with Crippen LogP contribution in [0.3, 0.4) is 0 Å². The molecule has 0 aliphatic rings. The molecule has 0 aliphatic heterocycles.